The molecule has 1 aromatic carbocycles. The lowest BCUT2D eigenvalue weighted by molar-refractivity contribution is 0.459. The quantitative estimate of drug-likeness (QED) is 0.591. The highest BCUT2D eigenvalue weighted by Gasteiger charge is 2.20. The average molecular weight is 387 g/mol. The van der Waals surface area contributed by atoms with Gasteiger partial charge < -0.3 is 15.5 Å². The van der Waals surface area contributed by atoms with Gasteiger partial charge in [-0.2, -0.15) is 0 Å². The summed E-state index contributed by atoms with van der Waals surface area (Å²) in [6.45, 7) is 5.08. The largest absolute Gasteiger partial charge is 0.357 e. The fourth-order valence-electron chi connectivity index (χ4n) is 3.32. The number of guanidine groups is 1. The van der Waals surface area contributed by atoms with Crippen LogP contribution in [0.4, 0.5) is 14.6 Å². The number of hydrogen-bond acceptors (Lipinski definition) is 3. The molecule has 0 spiro atoms. The third-order valence-electron chi connectivity index (χ3n) is 4.82. The topological polar surface area (TPSA) is 52.6 Å². The summed E-state index contributed by atoms with van der Waals surface area (Å²) < 4.78 is 26.7. The minimum atomic E-state index is -0.559. The first-order valence-electron chi connectivity index (χ1n) is 9.80. The van der Waals surface area contributed by atoms with E-state index in [1.165, 1.54) is 12.1 Å². The molecule has 1 aliphatic rings. The summed E-state index contributed by atoms with van der Waals surface area (Å²) in [7, 11) is 0. The highest BCUT2D eigenvalue weighted by molar-refractivity contribution is 5.80. The molecule has 28 heavy (non-hydrogen) atoms. The van der Waals surface area contributed by atoms with Crippen LogP contribution in [0.5, 0.6) is 0 Å². The van der Waals surface area contributed by atoms with Crippen molar-refractivity contribution in [1.82, 2.24) is 15.6 Å². The van der Waals surface area contributed by atoms with Gasteiger partial charge in [0.15, 0.2) is 5.96 Å². The fourth-order valence-corrected chi connectivity index (χ4v) is 3.32. The summed E-state index contributed by atoms with van der Waals surface area (Å²) in [6, 6.07) is 9.97. The Morgan fingerprint density at radius 3 is 2.71 bits per heavy atom. The number of hydrogen-bond donors (Lipinski definition) is 2. The molecule has 1 fully saturated rings. The number of rotatable bonds is 6. The molecule has 0 atom stereocenters. The Morgan fingerprint density at radius 2 is 2.04 bits per heavy atom. The third kappa shape index (κ3) is 5.65. The minimum absolute atomic E-state index is 0.334. The number of nitrogens with one attached hydrogen (secondary N) is 2. The first kappa shape index (κ1) is 20.0. The van der Waals surface area contributed by atoms with Crippen LogP contribution in [0.15, 0.2) is 47.6 Å². The number of piperidine rings is 1. The van der Waals surface area contributed by atoms with Crippen LogP contribution >= 0.6 is 0 Å². The SMILES string of the molecule is CCNC(=NCCc1ccc(F)cc1F)NC1CCN(c2ccccn2)CC1. The van der Waals surface area contributed by atoms with Gasteiger partial charge in [0.1, 0.15) is 17.5 Å². The van der Waals surface area contributed by atoms with E-state index in [1.54, 1.807) is 0 Å². The van der Waals surface area contributed by atoms with E-state index in [2.05, 4.69) is 25.5 Å². The maximum absolute atomic E-state index is 13.7. The van der Waals surface area contributed by atoms with Crippen molar-refractivity contribution in [3.63, 3.8) is 0 Å². The van der Waals surface area contributed by atoms with Crippen molar-refractivity contribution >= 4 is 11.8 Å². The van der Waals surface area contributed by atoms with Crippen molar-refractivity contribution < 1.29 is 8.78 Å². The molecule has 1 aliphatic heterocycles. The van der Waals surface area contributed by atoms with Gasteiger partial charge in [-0.15, -0.1) is 0 Å². The number of anilines is 1. The Balaban J connectivity index is 1.51. The van der Waals surface area contributed by atoms with E-state index in [4.69, 9.17) is 0 Å². The molecule has 7 heteroatoms. The molecule has 0 aliphatic carbocycles. The molecule has 1 aromatic heterocycles. The van der Waals surface area contributed by atoms with Gasteiger partial charge in [0.05, 0.1) is 0 Å². The highest BCUT2D eigenvalue weighted by Crippen LogP contribution is 2.17. The second kappa shape index (κ2) is 10.0. The van der Waals surface area contributed by atoms with Crippen LogP contribution in [0.1, 0.15) is 25.3 Å². The van der Waals surface area contributed by atoms with Gasteiger partial charge in [0.25, 0.3) is 0 Å². The van der Waals surface area contributed by atoms with E-state index in [1.807, 2.05) is 31.3 Å². The predicted octanol–water partition coefficient (Wildman–Crippen LogP) is 3.13. The third-order valence-corrected chi connectivity index (χ3v) is 4.82. The number of aromatic nitrogens is 1. The van der Waals surface area contributed by atoms with Crippen molar-refractivity contribution in [2.24, 2.45) is 4.99 Å². The molecule has 5 nitrogen and oxygen atoms in total. The highest BCUT2D eigenvalue weighted by atomic mass is 19.1. The van der Waals surface area contributed by atoms with Gasteiger partial charge in [-0.3, -0.25) is 4.99 Å². The summed E-state index contributed by atoms with van der Waals surface area (Å²) >= 11 is 0. The molecule has 2 aromatic rings. The Hall–Kier alpha value is -2.70. The van der Waals surface area contributed by atoms with E-state index in [9.17, 15) is 8.78 Å². The summed E-state index contributed by atoms with van der Waals surface area (Å²) in [5.41, 5.74) is 0.477. The van der Waals surface area contributed by atoms with Gasteiger partial charge in [-0.1, -0.05) is 12.1 Å². The fraction of sp³-hybridized carbons (Fsp3) is 0.429. The lowest BCUT2D eigenvalue weighted by Crippen LogP contribution is -2.49. The molecule has 2 N–H and O–H groups in total. The molecule has 2 heterocycles. The van der Waals surface area contributed by atoms with Gasteiger partial charge in [-0.05, 0) is 49.9 Å². The second-order valence-corrected chi connectivity index (χ2v) is 6.84. The van der Waals surface area contributed by atoms with Crippen LogP contribution in [0.3, 0.4) is 0 Å². The van der Waals surface area contributed by atoms with E-state index < -0.39 is 11.6 Å². The van der Waals surface area contributed by atoms with Crippen LogP contribution in [-0.4, -0.2) is 43.2 Å². The van der Waals surface area contributed by atoms with Gasteiger partial charge in [0.2, 0.25) is 0 Å². The van der Waals surface area contributed by atoms with Crippen molar-refractivity contribution in [3.05, 3.63) is 59.8 Å². The average Bonchev–Trinajstić information content (AvgIpc) is 2.71. The first-order valence-corrected chi connectivity index (χ1v) is 9.80. The van der Waals surface area contributed by atoms with Gasteiger partial charge in [0, 0.05) is 44.5 Å². The zero-order valence-corrected chi connectivity index (χ0v) is 16.2. The van der Waals surface area contributed by atoms with Crippen LogP contribution < -0.4 is 15.5 Å². The Bertz CT molecular complexity index is 774. The summed E-state index contributed by atoms with van der Waals surface area (Å²) in [5, 5.41) is 6.72. The maximum Gasteiger partial charge on any atom is 0.191 e. The molecule has 0 saturated carbocycles. The molecule has 0 bridgehead atoms. The zero-order chi connectivity index (χ0) is 19.8. The van der Waals surface area contributed by atoms with Gasteiger partial charge >= 0.3 is 0 Å². The number of nitrogens with zero attached hydrogens (tertiary/aromatic N) is 3. The van der Waals surface area contributed by atoms with Crippen LogP contribution in [0.2, 0.25) is 0 Å². The Morgan fingerprint density at radius 1 is 1.21 bits per heavy atom. The molecule has 0 amide bonds. The number of pyridine rings is 1. The van der Waals surface area contributed by atoms with Crippen molar-refractivity contribution in [2.45, 2.75) is 32.2 Å². The van der Waals surface area contributed by atoms with Crippen LogP contribution in [-0.2, 0) is 6.42 Å². The number of aliphatic imine (C=N–C) groups is 1. The van der Waals surface area contributed by atoms with Crippen LogP contribution in [0.25, 0.3) is 0 Å². The minimum Gasteiger partial charge on any atom is -0.357 e. The molecule has 1 saturated heterocycles. The predicted molar refractivity (Wildman–Crippen MR) is 109 cm³/mol. The smallest absolute Gasteiger partial charge is 0.191 e. The Kier molecular flexibility index (Phi) is 7.17. The Labute approximate surface area is 164 Å². The van der Waals surface area contributed by atoms with Gasteiger partial charge in [-0.25, -0.2) is 13.8 Å². The molecular weight excluding hydrogens is 360 g/mol. The zero-order valence-electron chi connectivity index (χ0n) is 16.2. The normalized spacial score (nSPS) is 15.5. The first-order chi connectivity index (χ1) is 13.7. The summed E-state index contributed by atoms with van der Waals surface area (Å²) in [6.07, 6.45) is 4.24. The van der Waals surface area contributed by atoms with Crippen LogP contribution in [0, 0.1) is 11.6 Å². The van der Waals surface area contributed by atoms with E-state index in [0.29, 0.717) is 24.6 Å². The summed E-state index contributed by atoms with van der Waals surface area (Å²) in [4.78, 5) is 11.3. The lowest BCUT2D eigenvalue weighted by Gasteiger charge is -2.33. The van der Waals surface area contributed by atoms with E-state index in [0.717, 1.165) is 50.3 Å². The molecule has 3 rings (SSSR count). The monoisotopic (exact) mass is 387 g/mol. The number of benzene rings is 1. The summed E-state index contributed by atoms with van der Waals surface area (Å²) in [5.74, 6) is 0.677. The second-order valence-electron chi connectivity index (χ2n) is 6.84. The maximum atomic E-state index is 13.7. The molecule has 150 valence electrons. The molecular formula is C21H27F2N5. The number of halogens is 2. The standard InChI is InChI=1S/C21H27F2N5/c1-2-24-21(26-12-8-16-6-7-17(22)15-19(16)23)27-18-9-13-28(14-10-18)20-5-3-4-11-25-20/h3-7,11,15,18H,2,8-10,12-14H2,1H3,(H2,24,26,27). The molecule has 0 unspecified atom stereocenters. The molecule has 0 radical (unpaired) electrons. The van der Waals surface area contributed by atoms with Crippen molar-refractivity contribution in [2.75, 3.05) is 31.1 Å². The lowest BCUT2D eigenvalue weighted by atomic mass is 10.1. The van der Waals surface area contributed by atoms with Crippen molar-refractivity contribution in [3.8, 4) is 0 Å². The van der Waals surface area contributed by atoms with E-state index >= 15 is 0 Å². The van der Waals surface area contributed by atoms with Crippen molar-refractivity contribution in [1.29, 1.82) is 0 Å². The van der Waals surface area contributed by atoms with E-state index in [-0.39, 0.29) is 0 Å².